The van der Waals surface area contributed by atoms with Gasteiger partial charge in [-0.1, -0.05) is 43.3 Å². The summed E-state index contributed by atoms with van der Waals surface area (Å²) in [4.78, 5) is 34.4. The van der Waals surface area contributed by atoms with Crippen LogP contribution in [0.2, 0.25) is 0 Å². The van der Waals surface area contributed by atoms with Crippen LogP contribution in [0.15, 0.2) is 40.4 Å². The number of carbonyl (C=O) groups excluding carboxylic acids is 2. The van der Waals surface area contributed by atoms with Crippen molar-refractivity contribution in [2.45, 2.75) is 77.0 Å². The molecule has 3 N–H and O–H groups in total. The minimum Gasteiger partial charge on any atom is -0.391 e. The highest BCUT2D eigenvalue weighted by molar-refractivity contribution is 7.13. The van der Waals surface area contributed by atoms with Crippen molar-refractivity contribution in [3.05, 3.63) is 58.6 Å². The Bertz CT molecular complexity index is 1310. The quantitative estimate of drug-likeness (QED) is 0.375. The summed E-state index contributed by atoms with van der Waals surface area (Å²) < 4.78 is 5.70. The van der Waals surface area contributed by atoms with Crippen LogP contribution in [0.1, 0.15) is 80.6 Å². The number of rotatable bonds is 8. The fourth-order valence-electron chi connectivity index (χ4n) is 5.88. The number of hydrogen-bond donors (Lipinski definition) is 3. The molecule has 2 amide bonds. The van der Waals surface area contributed by atoms with E-state index in [4.69, 9.17) is 4.52 Å². The zero-order valence-electron chi connectivity index (χ0n) is 23.6. The van der Waals surface area contributed by atoms with Gasteiger partial charge in [0.2, 0.25) is 11.8 Å². The van der Waals surface area contributed by atoms with Crippen molar-refractivity contribution >= 4 is 23.2 Å². The molecule has 2 aliphatic rings. The Morgan fingerprint density at radius 3 is 2.55 bits per heavy atom. The second-order valence-corrected chi connectivity index (χ2v) is 12.3. The maximum Gasteiger partial charge on any atom is 0.243 e. The first-order chi connectivity index (χ1) is 19.2. The number of aliphatic hydroxyl groups excluding tert-OH is 1. The van der Waals surface area contributed by atoms with E-state index in [2.05, 4.69) is 20.8 Å². The lowest BCUT2D eigenvalue weighted by atomic mass is 9.89. The lowest BCUT2D eigenvalue weighted by Gasteiger charge is -2.29. The molecule has 214 valence electrons. The molecule has 9 nitrogen and oxygen atoms in total. The summed E-state index contributed by atoms with van der Waals surface area (Å²) in [6.07, 6.45) is 1.40. The average molecular weight is 566 g/mol. The van der Waals surface area contributed by atoms with Crippen LogP contribution in [0.5, 0.6) is 0 Å². The molecule has 0 spiro atoms. The number of amides is 2. The molecule has 10 heteroatoms. The summed E-state index contributed by atoms with van der Waals surface area (Å²) in [6.45, 7) is 9.86. The number of aromatic nitrogens is 2. The van der Waals surface area contributed by atoms with E-state index in [-0.39, 0.29) is 36.7 Å². The molecule has 40 heavy (non-hydrogen) atoms. The van der Waals surface area contributed by atoms with Gasteiger partial charge in [0.05, 0.1) is 39.8 Å². The maximum atomic E-state index is 13.9. The third-order valence-corrected chi connectivity index (χ3v) is 9.16. The number of thiazole rings is 1. The van der Waals surface area contributed by atoms with E-state index in [1.54, 1.807) is 11.3 Å². The normalized spacial score (nSPS) is 21.5. The number of hydrogen-bond acceptors (Lipinski definition) is 8. The van der Waals surface area contributed by atoms with E-state index in [1.807, 2.05) is 63.5 Å². The summed E-state index contributed by atoms with van der Waals surface area (Å²) in [6, 6.07) is 8.99. The van der Waals surface area contributed by atoms with Crippen LogP contribution in [0.25, 0.3) is 10.4 Å². The number of carbonyl (C=O) groups is 2. The van der Waals surface area contributed by atoms with Crippen LogP contribution in [0, 0.1) is 12.8 Å². The Labute approximate surface area is 239 Å². The van der Waals surface area contributed by atoms with Crippen LogP contribution in [0.3, 0.4) is 0 Å². The Morgan fingerprint density at radius 2 is 1.90 bits per heavy atom. The molecular weight excluding hydrogens is 526 g/mol. The third kappa shape index (κ3) is 5.99. The van der Waals surface area contributed by atoms with Gasteiger partial charge in [-0.25, -0.2) is 4.98 Å². The highest BCUT2D eigenvalue weighted by atomic mass is 32.1. The zero-order valence-corrected chi connectivity index (χ0v) is 24.4. The predicted octanol–water partition coefficient (Wildman–Crippen LogP) is 4.15. The number of aliphatic hydroxyl groups is 1. The van der Waals surface area contributed by atoms with Crippen molar-refractivity contribution in [3.8, 4) is 10.4 Å². The Hall–Kier alpha value is -3.08. The Balaban J connectivity index is 1.28. The highest BCUT2D eigenvalue weighted by Crippen LogP contribution is 2.34. The van der Waals surface area contributed by atoms with Crippen molar-refractivity contribution in [1.82, 2.24) is 25.7 Å². The van der Waals surface area contributed by atoms with E-state index in [0.29, 0.717) is 11.6 Å². The zero-order chi connectivity index (χ0) is 28.4. The van der Waals surface area contributed by atoms with Crippen molar-refractivity contribution in [1.29, 1.82) is 0 Å². The SMILES string of the molecule is Cc1ncsc1-c1ccc([C@H](C)NC(=O)[C@@H]2C[C@@H](O)CN2C(=O)[C@@H](c2cc(C3CCNCC3)on2)C(C)C)cc1. The summed E-state index contributed by atoms with van der Waals surface area (Å²) in [5.74, 6) is 0.0290. The Kier molecular flexibility index (Phi) is 8.68. The maximum absolute atomic E-state index is 13.9. The van der Waals surface area contributed by atoms with Gasteiger partial charge in [0, 0.05) is 24.9 Å². The second kappa shape index (κ2) is 12.2. The molecule has 5 rings (SSSR count). The first-order valence-electron chi connectivity index (χ1n) is 14.2. The number of nitrogens with one attached hydrogen (secondary N) is 2. The molecule has 2 saturated heterocycles. The fraction of sp³-hybridized carbons (Fsp3) is 0.533. The third-order valence-electron chi connectivity index (χ3n) is 8.18. The van der Waals surface area contributed by atoms with Crippen LogP contribution >= 0.6 is 11.3 Å². The number of β-amino-alcohol motifs (C(OH)–C–C–N with tert-alkyl or cyclic N) is 1. The second-order valence-electron chi connectivity index (χ2n) is 11.4. The van der Waals surface area contributed by atoms with Crippen molar-refractivity contribution in [2.24, 2.45) is 5.92 Å². The molecule has 0 radical (unpaired) electrons. The van der Waals surface area contributed by atoms with Crippen LogP contribution < -0.4 is 10.6 Å². The summed E-state index contributed by atoms with van der Waals surface area (Å²) in [5.41, 5.74) is 5.48. The Morgan fingerprint density at radius 1 is 1.18 bits per heavy atom. The van der Waals surface area contributed by atoms with Gasteiger partial charge in [0.1, 0.15) is 11.8 Å². The molecule has 4 heterocycles. The minimum atomic E-state index is -0.757. The summed E-state index contributed by atoms with van der Waals surface area (Å²) in [5, 5.41) is 21.2. The number of likely N-dealkylation sites (tertiary alicyclic amines) is 1. The monoisotopic (exact) mass is 565 g/mol. The van der Waals surface area contributed by atoms with Gasteiger partial charge in [-0.15, -0.1) is 11.3 Å². The average Bonchev–Trinajstić information content (AvgIpc) is 3.69. The topological polar surface area (TPSA) is 121 Å². The van der Waals surface area contributed by atoms with E-state index in [0.717, 1.165) is 53.4 Å². The molecule has 0 saturated carbocycles. The van der Waals surface area contributed by atoms with E-state index in [1.165, 1.54) is 4.90 Å². The first kappa shape index (κ1) is 28.4. The molecule has 4 atom stereocenters. The van der Waals surface area contributed by atoms with Gasteiger partial charge in [0.25, 0.3) is 0 Å². The van der Waals surface area contributed by atoms with Crippen molar-refractivity contribution in [3.63, 3.8) is 0 Å². The predicted molar refractivity (Wildman–Crippen MR) is 154 cm³/mol. The van der Waals surface area contributed by atoms with Gasteiger partial charge >= 0.3 is 0 Å². The van der Waals surface area contributed by atoms with E-state index < -0.39 is 18.1 Å². The van der Waals surface area contributed by atoms with Gasteiger partial charge < -0.3 is 25.2 Å². The number of piperidine rings is 1. The van der Waals surface area contributed by atoms with Gasteiger partial charge in [-0.2, -0.15) is 0 Å². The molecule has 0 unspecified atom stereocenters. The first-order valence-corrected chi connectivity index (χ1v) is 15.1. The number of aryl methyl sites for hydroxylation is 1. The number of benzene rings is 1. The lowest BCUT2D eigenvalue weighted by molar-refractivity contribution is -0.140. The van der Waals surface area contributed by atoms with E-state index >= 15 is 0 Å². The van der Waals surface area contributed by atoms with Crippen molar-refractivity contribution < 1.29 is 19.2 Å². The molecule has 2 aliphatic heterocycles. The van der Waals surface area contributed by atoms with Gasteiger partial charge in [0.15, 0.2) is 0 Å². The highest BCUT2D eigenvalue weighted by Gasteiger charge is 2.43. The van der Waals surface area contributed by atoms with Crippen LogP contribution in [-0.4, -0.2) is 63.7 Å². The molecule has 1 aromatic carbocycles. The smallest absolute Gasteiger partial charge is 0.243 e. The standard InChI is InChI=1S/C30H39N5O4S/c1-17(2)27(24-14-26(39-34-24)21-9-11-31-12-10-21)30(38)35-15-23(36)13-25(35)29(37)33-18(3)20-5-7-22(8-6-20)28-19(4)32-16-40-28/h5-8,14,16-18,21,23,25,27,31,36H,9-13,15H2,1-4H3,(H,33,37)/t18-,23+,25-,27+/m0/s1. The number of nitrogens with zero attached hydrogens (tertiary/aromatic N) is 3. The molecule has 0 bridgehead atoms. The van der Waals surface area contributed by atoms with Gasteiger partial charge in [-0.05, 0) is 56.8 Å². The molecule has 2 fully saturated rings. The molecule has 3 aromatic rings. The summed E-state index contributed by atoms with van der Waals surface area (Å²) in [7, 11) is 0. The van der Waals surface area contributed by atoms with E-state index in [9.17, 15) is 14.7 Å². The minimum absolute atomic E-state index is 0.0560. The largest absolute Gasteiger partial charge is 0.391 e. The van der Waals surface area contributed by atoms with Crippen LogP contribution in [-0.2, 0) is 9.59 Å². The van der Waals surface area contributed by atoms with Gasteiger partial charge in [-0.3, -0.25) is 9.59 Å². The summed E-state index contributed by atoms with van der Waals surface area (Å²) >= 11 is 1.60. The molecule has 2 aromatic heterocycles. The molecular formula is C30H39N5O4S. The fourth-order valence-corrected chi connectivity index (χ4v) is 6.69. The van der Waals surface area contributed by atoms with Crippen LogP contribution in [0.4, 0.5) is 0 Å². The molecule has 0 aliphatic carbocycles. The van der Waals surface area contributed by atoms with Crippen molar-refractivity contribution in [2.75, 3.05) is 19.6 Å². The lowest BCUT2D eigenvalue weighted by Crippen LogP contribution is -2.48.